The molecule has 1 unspecified atom stereocenters. The van der Waals surface area contributed by atoms with Crippen LogP contribution >= 0.6 is 11.3 Å². The summed E-state index contributed by atoms with van der Waals surface area (Å²) in [6, 6.07) is 5.23. The molecule has 30 heavy (non-hydrogen) atoms. The fraction of sp³-hybridized carbons (Fsp3) is 0.409. The molecule has 0 saturated carbocycles. The Morgan fingerprint density at radius 1 is 1.07 bits per heavy atom. The molecule has 0 fully saturated rings. The summed E-state index contributed by atoms with van der Waals surface area (Å²) in [7, 11) is 0. The molecular formula is C22H28N4O3S. The van der Waals surface area contributed by atoms with Gasteiger partial charge in [0.15, 0.2) is 0 Å². The molecule has 160 valence electrons. The summed E-state index contributed by atoms with van der Waals surface area (Å²) < 4.78 is 0. The highest BCUT2D eigenvalue weighted by molar-refractivity contribution is 7.14. The molecule has 1 heterocycles. The average molecular weight is 429 g/mol. The number of amides is 4. The molecular weight excluding hydrogens is 400 g/mol. The number of hydrogen-bond acceptors (Lipinski definition) is 4. The van der Waals surface area contributed by atoms with Gasteiger partial charge in [0.1, 0.15) is 0 Å². The Labute approximate surface area is 180 Å². The zero-order valence-corrected chi connectivity index (χ0v) is 18.6. The standard InChI is InChI=1S/C22H28N4O3S/c1-12-5-6-17-16(9-12)10-18(30-17)21(28)25-26-22(29)23-11-19(27)24-20-14(3)7-13(2)8-15(20)4/h7-8,10,12H,5-6,9,11H2,1-4H3,(H,24,27)(H,25,28)(H2,23,26,29). The SMILES string of the molecule is Cc1cc(C)c(NC(=O)CNC(=O)NNC(=O)c2cc3c(s2)CCC(C)C3)c(C)c1. The van der Waals surface area contributed by atoms with Crippen molar-refractivity contribution in [2.75, 3.05) is 11.9 Å². The quantitative estimate of drug-likeness (QED) is 0.562. The van der Waals surface area contributed by atoms with Gasteiger partial charge in [0.25, 0.3) is 5.91 Å². The minimum absolute atomic E-state index is 0.209. The molecule has 1 atom stereocenters. The highest BCUT2D eigenvalue weighted by atomic mass is 32.1. The first-order valence-electron chi connectivity index (χ1n) is 10.1. The van der Waals surface area contributed by atoms with Crippen molar-refractivity contribution in [1.29, 1.82) is 0 Å². The normalized spacial score (nSPS) is 15.1. The van der Waals surface area contributed by atoms with Crippen molar-refractivity contribution in [1.82, 2.24) is 16.2 Å². The molecule has 1 aliphatic rings. The van der Waals surface area contributed by atoms with Gasteiger partial charge in [-0.25, -0.2) is 10.2 Å². The van der Waals surface area contributed by atoms with Crippen LogP contribution in [0.4, 0.5) is 10.5 Å². The second-order valence-electron chi connectivity index (χ2n) is 7.99. The number of hydrazine groups is 1. The van der Waals surface area contributed by atoms with Crippen molar-refractivity contribution in [2.45, 2.75) is 47.0 Å². The fourth-order valence-corrected chi connectivity index (χ4v) is 4.86. The number of hydrogen-bond donors (Lipinski definition) is 4. The Morgan fingerprint density at radius 3 is 2.47 bits per heavy atom. The van der Waals surface area contributed by atoms with Crippen LogP contribution in [-0.4, -0.2) is 24.4 Å². The van der Waals surface area contributed by atoms with Crippen LogP contribution in [0.1, 0.15) is 50.1 Å². The van der Waals surface area contributed by atoms with Crippen LogP contribution in [0, 0.1) is 26.7 Å². The maximum atomic E-state index is 12.3. The fourth-order valence-electron chi connectivity index (χ4n) is 3.76. The summed E-state index contributed by atoms with van der Waals surface area (Å²) >= 11 is 1.47. The largest absolute Gasteiger partial charge is 0.333 e. The van der Waals surface area contributed by atoms with Crippen LogP contribution in [0.3, 0.4) is 0 Å². The van der Waals surface area contributed by atoms with Crippen molar-refractivity contribution in [2.24, 2.45) is 5.92 Å². The second kappa shape index (κ2) is 9.30. The molecule has 0 bridgehead atoms. The molecule has 0 radical (unpaired) electrons. The highest BCUT2D eigenvalue weighted by Crippen LogP contribution is 2.32. The van der Waals surface area contributed by atoms with E-state index in [9.17, 15) is 14.4 Å². The number of thiophene rings is 1. The first-order valence-corrected chi connectivity index (χ1v) is 10.9. The van der Waals surface area contributed by atoms with Crippen molar-refractivity contribution in [3.8, 4) is 0 Å². The maximum absolute atomic E-state index is 12.3. The van der Waals surface area contributed by atoms with Gasteiger partial charge in [-0.15, -0.1) is 11.3 Å². The lowest BCUT2D eigenvalue weighted by atomic mass is 9.90. The molecule has 0 aliphatic heterocycles. The first kappa shape index (κ1) is 21.8. The molecule has 1 aromatic heterocycles. The number of carbonyl (C=O) groups excluding carboxylic acids is 3. The van der Waals surface area contributed by atoms with E-state index in [0.29, 0.717) is 10.8 Å². The molecule has 2 aromatic rings. The molecule has 0 saturated heterocycles. The van der Waals surface area contributed by atoms with Crippen LogP contribution in [0.2, 0.25) is 0 Å². The van der Waals surface area contributed by atoms with E-state index in [-0.39, 0.29) is 18.4 Å². The lowest BCUT2D eigenvalue weighted by Crippen LogP contribution is -2.48. The van der Waals surface area contributed by atoms with Gasteiger partial charge in [-0.3, -0.25) is 15.0 Å². The smallest absolute Gasteiger partial charge is 0.328 e. The minimum atomic E-state index is -0.647. The van der Waals surface area contributed by atoms with Gasteiger partial charge in [-0.05, 0) is 68.7 Å². The third kappa shape index (κ3) is 5.38. The number of anilines is 1. The molecule has 4 N–H and O–H groups in total. The number of fused-ring (bicyclic) bond motifs is 1. The first-order chi connectivity index (χ1) is 14.2. The molecule has 0 spiro atoms. The van der Waals surface area contributed by atoms with E-state index in [1.807, 2.05) is 39.0 Å². The van der Waals surface area contributed by atoms with Crippen molar-refractivity contribution in [3.05, 3.63) is 50.2 Å². The van der Waals surface area contributed by atoms with Crippen molar-refractivity contribution in [3.63, 3.8) is 0 Å². The summed E-state index contributed by atoms with van der Waals surface area (Å²) in [4.78, 5) is 38.2. The van der Waals surface area contributed by atoms with Crippen LogP contribution in [0.5, 0.6) is 0 Å². The van der Waals surface area contributed by atoms with E-state index in [1.54, 1.807) is 0 Å². The van der Waals surface area contributed by atoms with Gasteiger partial charge < -0.3 is 10.6 Å². The van der Waals surface area contributed by atoms with Crippen LogP contribution < -0.4 is 21.5 Å². The zero-order chi connectivity index (χ0) is 21.8. The lowest BCUT2D eigenvalue weighted by Gasteiger charge is -2.16. The number of carbonyl (C=O) groups is 3. The van der Waals surface area contributed by atoms with Gasteiger partial charge in [0.2, 0.25) is 5.91 Å². The maximum Gasteiger partial charge on any atom is 0.333 e. The average Bonchev–Trinajstić information content (AvgIpc) is 3.10. The summed E-state index contributed by atoms with van der Waals surface area (Å²) in [5.74, 6) is -0.0651. The summed E-state index contributed by atoms with van der Waals surface area (Å²) in [5.41, 5.74) is 9.72. The molecule has 1 aliphatic carbocycles. The second-order valence-corrected chi connectivity index (χ2v) is 9.13. The predicted octanol–water partition coefficient (Wildman–Crippen LogP) is 3.38. The number of nitrogens with one attached hydrogen (secondary N) is 4. The van der Waals surface area contributed by atoms with Crippen molar-refractivity contribution < 1.29 is 14.4 Å². The van der Waals surface area contributed by atoms with Gasteiger partial charge in [0.05, 0.1) is 11.4 Å². The topological polar surface area (TPSA) is 99.3 Å². The Kier molecular flexibility index (Phi) is 6.77. The highest BCUT2D eigenvalue weighted by Gasteiger charge is 2.21. The van der Waals surface area contributed by atoms with E-state index in [0.717, 1.165) is 41.6 Å². The van der Waals surface area contributed by atoms with E-state index in [1.165, 1.54) is 21.8 Å². The predicted molar refractivity (Wildman–Crippen MR) is 119 cm³/mol. The Morgan fingerprint density at radius 2 is 1.77 bits per heavy atom. The van der Waals surface area contributed by atoms with Gasteiger partial charge in [-0.2, -0.15) is 0 Å². The third-order valence-electron chi connectivity index (χ3n) is 5.19. The van der Waals surface area contributed by atoms with Gasteiger partial charge in [0, 0.05) is 10.6 Å². The molecule has 1 aromatic carbocycles. The van der Waals surface area contributed by atoms with E-state index >= 15 is 0 Å². The van der Waals surface area contributed by atoms with E-state index < -0.39 is 6.03 Å². The minimum Gasteiger partial charge on any atom is -0.328 e. The van der Waals surface area contributed by atoms with Crippen LogP contribution in [0.15, 0.2) is 18.2 Å². The summed E-state index contributed by atoms with van der Waals surface area (Å²) in [5, 5.41) is 5.26. The van der Waals surface area contributed by atoms with Gasteiger partial charge in [-0.1, -0.05) is 24.6 Å². The monoisotopic (exact) mass is 428 g/mol. The van der Waals surface area contributed by atoms with E-state index in [2.05, 4.69) is 28.4 Å². The van der Waals surface area contributed by atoms with Crippen LogP contribution in [0.25, 0.3) is 0 Å². The molecule has 4 amide bonds. The lowest BCUT2D eigenvalue weighted by molar-refractivity contribution is -0.115. The number of benzene rings is 1. The molecule has 8 heteroatoms. The molecule has 7 nitrogen and oxygen atoms in total. The number of aryl methyl sites for hydroxylation is 4. The van der Waals surface area contributed by atoms with Crippen molar-refractivity contribution >= 4 is 34.9 Å². The zero-order valence-electron chi connectivity index (χ0n) is 17.8. The Balaban J connectivity index is 1.45. The summed E-state index contributed by atoms with van der Waals surface area (Å²) in [6.07, 6.45) is 3.12. The van der Waals surface area contributed by atoms with E-state index in [4.69, 9.17) is 0 Å². The number of rotatable bonds is 4. The Hall–Kier alpha value is -2.87. The number of urea groups is 1. The summed E-state index contributed by atoms with van der Waals surface area (Å²) in [6.45, 7) is 7.85. The van der Waals surface area contributed by atoms with Gasteiger partial charge >= 0.3 is 6.03 Å². The Bertz CT molecular complexity index is 960. The molecule has 3 rings (SSSR count). The van der Waals surface area contributed by atoms with Crippen LogP contribution in [-0.2, 0) is 17.6 Å². The third-order valence-corrected chi connectivity index (χ3v) is 6.43.